The zero-order valence-electron chi connectivity index (χ0n) is 12.2. The third-order valence-electron chi connectivity index (χ3n) is 4.00. The Hall–Kier alpha value is -2.04. The van der Waals surface area contributed by atoms with Crippen LogP contribution < -0.4 is 10.1 Å². The fraction of sp³-hybridized carbons (Fsp3) is 0.500. The fourth-order valence-electron chi connectivity index (χ4n) is 2.77. The van der Waals surface area contributed by atoms with Crippen LogP contribution in [0.4, 0.5) is 0 Å². The van der Waals surface area contributed by atoms with E-state index >= 15 is 0 Å². The van der Waals surface area contributed by atoms with Crippen LogP contribution in [0, 0.1) is 5.92 Å². The van der Waals surface area contributed by atoms with Crippen LogP contribution in [0.15, 0.2) is 24.3 Å². The van der Waals surface area contributed by atoms with Gasteiger partial charge in [-0.05, 0) is 37.1 Å². The van der Waals surface area contributed by atoms with Crippen molar-refractivity contribution in [1.29, 1.82) is 0 Å². The van der Waals surface area contributed by atoms with Gasteiger partial charge >= 0.3 is 5.97 Å². The van der Waals surface area contributed by atoms with E-state index in [0.717, 1.165) is 25.7 Å². The molecule has 1 saturated carbocycles. The maximum absolute atomic E-state index is 12.2. The number of carboxylic acids is 1. The number of ether oxygens (including phenoxy) is 1. The second kappa shape index (κ2) is 7.11. The van der Waals surface area contributed by atoms with Crippen molar-refractivity contribution in [3.63, 3.8) is 0 Å². The van der Waals surface area contributed by atoms with Gasteiger partial charge in [-0.15, -0.1) is 0 Å². The summed E-state index contributed by atoms with van der Waals surface area (Å²) < 4.78 is 5.05. The molecule has 1 aromatic rings. The molecule has 0 bridgehead atoms. The number of methoxy groups -OCH3 is 1. The van der Waals surface area contributed by atoms with Gasteiger partial charge in [0.15, 0.2) is 0 Å². The zero-order valence-corrected chi connectivity index (χ0v) is 12.2. The monoisotopic (exact) mass is 291 g/mol. The lowest BCUT2D eigenvalue weighted by molar-refractivity contribution is -0.142. The maximum atomic E-state index is 12.2. The molecule has 2 rings (SSSR count). The Morgan fingerprint density at radius 1 is 1.14 bits per heavy atom. The standard InChI is InChI=1S/C16H21NO4/c1-21-12-9-7-11(8-10-12)15(18)17-14-6-4-2-3-5-13(14)16(19)20/h7-10,13-14H,2-6H2,1H3,(H,17,18)(H,19,20)/t13-,14+/m1/s1. The summed E-state index contributed by atoms with van der Waals surface area (Å²) in [6.45, 7) is 0. The summed E-state index contributed by atoms with van der Waals surface area (Å²) in [6.07, 6.45) is 4.24. The molecule has 1 amide bonds. The van der Waals surface area contributed by atoms with Crippen molar-refractivity contribution in [1.82, 2.24) is 5.32 Å². The Morgan fingerprint density at radius 2 is 1.81 bits per heavy atom. The zero-order chi connectivity index (χ0) is 15.2. The number of benzene rings is 1. The molecule has 0 aliphatic heterocycles. The first-order valence-corrected chi connectivity index (χ1v) is 7.29. The third kappa shape index (κ3) is 3.97. The Labute approximate surface area is 124 Å². The normalized spacial score (nSPS) is 22.1. The first-order chi connectivity index (χ1) is 10.1. The molecule has 21 heavy (non-hydrogen) atoms. The molecule has 0 unspecified atom stereocenters. The van der Waals surface area contributed by atoms with Crippen molar-refractivity contribution >= 4 is 11.9 Å². The summed E-state index contributed by atoms with van der Waals surface area (Å²) in [5.74, 6) is -0.855. The predicted molar refractivity (Wildman–Crippen MR) is 78.5 cm³/mol. The lowest BCUT2D eigenvalue weighted by Crippen LogP contribution is -2.42. The Morgan fingerprint density at radius 3 is 2.43 bits per heavy atom. The summed E-state index contributed by atoms with van der Waals surface area (Å²) in [5.41, 5.74) is 0.518. The van der Waals surface area contributed by atoms with Crippen molar-refractivity contribution in [2.24, 2.45) is 5.92 Å². The number of aliphatic carboxylic acids is 1. The van der Waals surface area contributed by atoms with Crippen molar-refractivity contribution in [2.45, 2.75) is 38.1 Å². The molecular weight excluding hydrogens is 270 g/mol. The SMILES string of the molecule is COc1ccc(C(=O)N[C@H]2CCCCC[C@H]2C(=O)O)cc1. The van der Waals surface area contributed by atoms with Crippen LogP contribution in [-0.2, 0) is 4.79 Å². The van der Waals surface area contributed by atoms with Gasteiger partial charge in [0.2, 0.25) is 0 Å². The van der Waals surface area contributed by atoms with E-state index in [2.05, 4.69) is 5.32 Å². The molecule has 2 atom stereocenters. The van der Waals surface area contributed by atoms with Crippen molar-refractivity contribution in [2.75, 3.05) is 7.11 Å². The van der Waals surface area contributed by atoms with Gasteiger partial charge in [-0.2, -0.15) is 0 Å². The van der Waals surface area contributed by atoms with Crippen LogP contribution in [0.5, 0.6) is 5.75 Å². The molecule has 0 saturated heterocycles. The molecule has 114 valence electrons. The molecule has 1 aliphatic rings. The van der Waals surface area contributed by atoms with Crippen molar-refractivity contribution < 1.29 is 19.4 Å². The molecule has 5 nitrogen and oxygen atoms in total. The molecule has 2 N–H and O–H groups in total. The lowest BCUT2D eigenvalue weighted by atomic mass is 9.94. The largest absolute Gasteiger partial charge is 0.497 e. The fourth-order valence-corrected chi connectivity index (χ4v) is 2.77. The van der Waals surface area contributed by atoms with Crippen LogP contribution >= 0.6 is 0 Å². The van der Waals surface area contributed by atoms with E-state index in [1.807, 2.05) is 0 Å². The number of nitrogens with one attached hydrogen (secondary N) is 1. The molecule has 0 spiro atoms. The van der Waals surface area contributed by atoms with E-state index in [4.69, 9.17) is 4.74 Å². The Balaban J connectivity index is 2.06. The highest BCUT2D eigenvalue weighted by molar-refractivity contribution is 5.94. The number of carboxylic acid groups (broad SMARTS) is 1. The van der Waals surface area contributed by atoms with E-state index in [1.165, 1.54) is 0 Å². The number of amides is 1. The average Bonchev–Trinajstić information content (AvgIpc) is 2.72. The van der Waals surface area contributed by atoms with Gasteiger partial charge in [0.25, 0.3) is 5.91 Å². The summed E-state index contributed by atoms with van der Waals surface area (Å²) in [6, 6.07) is 6.51. The average molecular weight is 291 g/mol. The number of carbonyl (C=O) groups excluding carboxylic acids is 1. The quantitative estimate of drug-likeness (QED) is 0.836. The summed E-state index contributed by atoms with van der Waals surface area (Å²) in [4.78, 5) is 23.6. The van der Waals surface area contributed by atoms with E-state index in [1.54, 1.807) is 31.4 Å². The minimum Gasteiger partial charge on any atom is -0.497 e. The minimum absolute atomic E-state index is 0.226. The van der Waals surface area contributed by atoms with E-state index in [-0.39, 0.29) is 11.9 Å². The maximum Gasteiger partial charge on any atom is 0.308 e. The predicted octanol–water partition coefficient (Wildman–Crippen LogP) is 2.46. The van der Waals surface area contributed by atoms with Crippen LogP contribution in [-0.4, -0.2) is 30.1 Å². The molecule has 1 fully saturated rings. The number of rotatable bonds is 4. The lowest BCUT2D eigenvalue weighted by Gasteiger charge is -2.22. The third-order valence-corrected chi connectivity index (χ3v) is 4.00. The molecule has 0 aromatic heterocycles. The first kappa shape index (κ1) is 15.4. The van der Waals surface area contributed by atoms with Crippen molar-refractivity contribution in [3.05, 3.63) is 29.8 Å². The Kier molecular flexibility index (Phi) is 5.20. The molecule has 0 heterocycles. The summed E-state index contributed by atoms with van der Waals surface area (Å²) in [7, 11) is 1.57. The molecule has 0 radical (unpaired) electrons. The van der Waals surface area contributed by atoms with Crippen LogP contribution in [0.2, 0.25) is 0 Å². The number of hydrogen-bond acceptors (Lipinski definition) is 3. The van der Waals surface area contributed by atoms with Gasteiger partial charge in [0.05, 0.1) is 13.0 Å². The van der Waals surface area contributed by atoms with Gasteiger partial charge in [0, 0.05) is 11.6 Å². The van der Waals surface area contributed by atoms with E-state index < -0.39 is 11.9 Å². The van der Waals surface area contributed by atoms with Gasteiger partial charge in [0.1, 0.15) is 5.75 Å². The summed E-state index contributed by atoms with van der Waals surface area (Å²) >= 11 is 0. The van der Waals surface area contributed by atoms with Crippen LogP contribution in [0.1, 0.15) is 42.5 Å². The highest BCUT2D eigenvalue weighted by Crippen LogP contribution is 2.24. The topological polar surface area (TPSA) is 75.6 Å². The smallest absolute Gasteiger partial charge is 0.308 e. The molecule has 1 aromatic carbocycles. The van der Waals surface area contributed by atoms with Gasteiger partial charge in [-0.3, -0.25) is 9.59 Å². The molecular formula is C16H21NO4. The van der Waals surface area contributed by atoms with E-state index in [0.29, 0.717) is 17.7 Å². The number of hydrogen-bond donors (Lipinski definition) is 2. The van der Waals surface area contributed by atoms with Crippen LogP contribution in [0.25, 0.3) is 0 Å². The van der Waals surface area contributed by atoms with Crippen LogP contribution in [0.3, 0.4) is 0 Å². The van der Waals surface area contributed by atoms with Gasteiger partial charge in [-0.1, -0.05) is 19.3 Å². The highest BCUT2D eigenvalue weighted by atomic mass is 16.5. The van der Waals surface area contributed by atoms with Crippen molar-refractivity contribution in [3.8, 4) is 5.75 Å². The van der Waals surface area contributed by atoms with Gasteiger partial charge in [-0.25, -0.2) is 0 Å². The molecule has 5 heteroatoms. The number of carbonyl (C=O) groups is 2. The minimum atomic E-state index is -0.822. The van der Waals surface area contributed by atoms with E-state index in [9.17, 15) is 14.7 Å². The first-order valence-electron chi connectivity index (χ1n) is 7.29. The second-order valence-corrected chi connectivity index (χ2v) is 5.39. The second-order valence-electron chi connectivity index (χ2n) is 5.39. The summed E-state index contributed by atoms with van der Waals surface area (Å²) in [5, 5.41) is 12.2. The Bertz CT molecular complexity index is 498. The highest BCUT2D eigenvalue weighted by Gasteiger charge is 2.30. The molecule has 1 aliphatic carbocycles. The van der Waals surface area contributed by atoms with Gasteiger partial charge < -0.3 is 15.2 Å².